The summed E-state index contributed by atoms with van der Waals surface area (Å²) in [7, 11) is 0. The molecular formula is C48H36Cl3F8N7O4Zn. The number of halogens is 11. The Morgan fingerprint density at radius 1 is 0.606 bits per heavy atom. The molecule has 2 aliphatic rings. The smallest absolute Gasteiger partial charge is 0.425 e. The number of aryl methyl sites for hydroxylation is 3. The van der Waals surface area contributed by atoms with Crippen LogP contribution in [0.15, 0.2) is 119 Å². The molecule has 9 rings (SSSR count). The Kier molecular flexibility index (Phi) is 26.0. The number of carbonyl (C=O) groups excluding carboxylic acids is 4. The van der Waals surface area contributed by atoms with Crippen molar-refractivity contribution in [3.05, 3.63) is 200 Å². The number of hydrogen-bond donors (Lipinski definition) is 0. The van der Waals surface area contributed by atoms with Crippen molar-refractivity contribution in [3.8, 4) is 0 Å². The molecule has 23 heteroatoms. The second-order valence-corrected chi connectivity index (χ2v) is 15.0. The molecule has 366 valence electrons. The van der Waals surface area contributed by atoms with Gasteiger partial charge in [0.1, 0.15) is 32.4 Å². The monoisotopic (exact) mass is 1100 g/mol. The molecule has 0 spiro atoms. The van der Waals surface area contributed by atoms with Gasteiger partial charge in [-0.15, -0.1) is 0 Å². The number of hydrogen-bond acceptors (Lipinski definition) is 10. The number of benzene rings is 3. The molecule has 0 radical (unpaired) electrons. The quantitative estimate of drug-likeness (QED) is 0.0525. The van der Waals surface area contributed by atoms with E-state index in [4.69, 9.17) is 54.0 Å². The number of nitrogens with zero attached hydrogens (tertiary/aromatic N) is 7. The van der Waals surface area contributed by atoms with Crippen LogP contribution in [0, 0.1) is 34.6 Å². The molecule has 2 aliphatic heterocycles. The summed E-state index contributed by atoms with van der Waals surface area (Å²) < 4.78 is 93.2. The van der Waals surface area contributed by atoms with Gasteiger partial charge in [-0.1, -0.05) is 126 Å². The Bertz CT molecular complexity index is 2820. The molecule has 3 aromatic carbocycles. The Hall–Kier alpha value is -6.39. The van der Waals surface area contributed by atoms with Crippen LogP contribution < -0.4 is 0 Å². The van der Waals surface area contributed by atoms with E-state index in [2.05, 4.69) is 30.0 Å². The second-order valence-electron chi connectivity index (χ2n) is 13.8. The zero-order valence-corrected chi connectivity index (χ0v) is 42.6. The number of alkyl halides is 4. The van der Waals surface area contributed by atoms with Crippen molar-refractivity contribution in [1.82, 2.24) is 24.7 Å². The van der Waals surface area contributed by atoms with Crippen molar-refractivity contribution in [2.75, 3.05) is 0 Å². The van der Waals surface area contributed by atoms with Crippen molar-refractivity contribution >= 4 is 69.9 Å². The molecule has 0 saturated carbocycles. The molecule has 0 aliphatic carbocycles. The van der Waals surface area contributed by atoms with Gasteiger partial charge in [0.05, 0.1) is 29.7 Å². The van der Waals surface area contributed by atoms with E-state index in [0.717, 1.165) is 40.1 Å². The minimum absolute atomic E-state index is 0. The molecule has 71 heavy (non-hydrogen) atoms. The normalized spacial score (nSPS) is 11.2. The fourth-order valence-corrected chi connectivity index (χ4v) is 8.22. The van der Waals surface area contributed by atoms with E-state index in [1.807, 2.05) is 110 Å². The SMILES string of the molecule is Cc1nc(Cl)cc2c1C(C(F)F)=NC2.Cc1nc(Cl)cc2c1C=NC2.Cc1nc(Cl)cc2c1c(C(F)F)nn2C(c1ccccc1)(c1ccccc1)c1ccccc1.F[CH-]F.F[CH-]F.O=C=O.O=C=O.[Zn+2]. The summed E-state index contributed by atoms with van der Waals surface area (Å²) in [4.78, 5) is 52.7. The van der Waals surface area contributed by atoms with Crippen LogP contribution in [0.1, 0.15) is 68.1 Å². The second kappa shape index (κ2) is 30.4. The minimum Gasteiger partial charge on any atom is -0.425 e. The maximum atomic E-state index is 14.2. The summed E-state index contributed by atoms with van der Waals surface area (Å²) in [5, 5.41) is 6.00. The summed E-state index contributed by atoms with van der Waals surface area (Å²) in [6.07, 6.45) is -2.96. The number of aromatic nitrogens is 5. The Labute approximate surface area is 428 Å². The van der Waals surface area contributed by atoms with Crippen LogP contribution in [0.25, 0.3) is 10.9 Å². The van der Waals surface area contributed by atoms with Gasteiger partial charge in [0, 0.05) is 34.8 Å². The van der Waals surface area contributed by atoms with Crippen molar-refractivity contribution < 1.29 is 73.8 Å². The summed E-state index contributed by atoms with van der Waals surface area (Å²) in [6, 6.07) is 34.5. The first-order valence-corrected chi connectivity index (χ1v) is 20.9. The van der Waals surface area contributed by atoms with Gasteiger partial charge in [-0.05, 0) is 74.6 Å². The standard InChI is InChI=1S/C27H20ClF2N3.C9H7ClF2N2.C8H7ClN2.2CHF2.2CO2.Zn/c1-18-24-22(17-23(28)31-18)33(32-25(24)26(29)30)27(19-11-5-2-6-12-19,20-13-7-3-8-14-20)21-15-9-4-10-16-21;1-4-7-5(2-6(10)14-4)3-13-8(7)9(11)12;1-5-7-4-10-3-6(7)2-8(9)11-5;4*2-1-3;/h2-17,26H,1H3;2,9H,3H2,1H3;2,4H,3H2,1H3;2*1H;;;/q;;;2*-1;;;+2. The predicted molar refractivity (Wildman–Crippen MR) is 245 cm³/mol. The van der Waals surface area contributed by atoms with E-state index in [1.54, 1.807) is 30.7 Å². The fraction of sp³-hybridized carbons (Fsp3) is 0.167. The van der Waals surface area contributed by atoms with E-state index in [0.29, 0.717) is 38.2 Å². The molecule has 11 nitrogen and oxygen atoms in total. The maximum Gasteiger partial charge on any atom is 2.00 e. The van der Waals surface area contributed by atoms with Crippen LogP contribution in [-0.2, 0) is 57.3 Å². The molecule has 0 amide bonds. The molecule has 7 aromatic rings. The fourth-order valence-electron chi connectivity index (χ4n) is 7.48. The van der Waals surface area contributed by atoms with E-state index in [9.17, 15) is 35.1 Å². The van der Waals surface area contributed by atoms with E-state index in [-0.39, 0.29) is 54.9 Å². The number of pyridine rings is 3. The van der Waals surface area contributed by atoms with Crippen molar-refractivity contribution in [3.63, 3.8) is 0 Å². The van der Waals surface area contributed by atoms with Gasteiger partial charge in [0.15, 0.2) is 0 Å². The molecular weight excluding hydrogens is 1060 g/mol. The van der Waals surface area contributed by atoms with Gasteiger partial charge >= 0.3 is 31.8 Å². The third-order valence-electron chi connectivity index (χ3n) is 9.86. The Morgan fingerprint density at radius 2 is 1.01 bits per heavy atom. The first-order valence-electron chi connectivity index (χ1n) is 19.7. The predicted octanol–water partition coefficient (Wildman–Crippen LogP) is 12.7. The molecule has 0 atom stereocenters. The largest absolute Gasteiger partial charge is 2.00 e. The van der Waals surface area contributed by atoms with Gasteiger partial charge in [-0.3, -0.25) is 9.98 Å². The molecule has 0 saturated heterocycles. The van der Waals surface area contributed by atoms with E-state index < -0.39 is 32.2 Å². The Morgan fingerprint density at radius 3 is 1.45 bits per heavy atom. The molecule has 0 unspecified atom stereocenters. The van der Waals surface area contributed by atoms with Gasteiger partial charge in [0.25, 0.3) is 12.9 Å². The molecule has 0 bridgehead atoms. The van der Waals surface area contributed by atoms with Gasteiger partial charge in [0.2, 0.25) is 0 Å². The molecule has 6 heterocycles. The number of fused-ring (bicyclic) bond motifs is 3. The van der Waals surface area contributed by atoms with Gasteiger partial charge in [-0.25, -0.2) is 37.2 Å². The first kappa shape index (κ1) is 60.7. The maximum absolute atomic E-state index is 14.2. The van der Waals surface area contributed by atoms with Crippen LogP contribution in [0.4, 0.5) is 35.1 Å². The zero-order valence-electron chi connectivity index (χ0n) is 37.3. The molecule has 0 N–H and O–H groups in total. The summed E-state index contributed by atoms with van der Waals surface area (Å²) in [5.41, 5.74) is 7.08. The summed E-state index contributed by atoms with van der Waals surface area (Å²) >= 11 is 17.8. The minimum atomic E-state index is -2.77. The topological polar surface area (TPSA) is 149 Å². The van der Waals surface area contributed by atoms with Crippen LogP contribution in [0.3, 0.4) is 0 Å². The molecule has 0 fully saturated rings. The van der Waals surface area contributed by atoms with E-state index in [1.165, 1.54) is 5.56 Å². The van der Waals surface area contributed by atoms with Gasteiger partial charge in [-0.2, -0.15) is 24.3 Å². The van der Waals surface area contributed by atoms with Crippen molar-refractivity contribution in [2.45, 2.75) is 52.3 Å². The van der Waals surface area contributed by atoms with Crippen molar-refractivity contribution in [2.24, 2.45) is 9.98 Å². The van der Waals surface area contributed by atoms with Crippen LogP contribution in [0.2, 0.25) is 15.5 Å². The number of rotatable bonds is 6. The van der Waals surface area contributed by atoms with Gasteiger partial charge < -0.3 is 17.6 Å². The van der Waals surface area contributed by atoms with Crippen molar-refractivity contribution in [1.29, 1.82) is 0 Å². The van der Waals surface area contributed by atoms with Crippen LogP contribution >= 0.6 is 34.8 Å². The average molecular weight is 1100 g/mol. The Balaban J connectivity index is 0.000000373. The zero-order chi connectivity index (χ0) is 52.0. The molecule has 4 aromatic heterocycles. The third kappa shape index (κ3) is 15.6. The first-order chi connectivity index (χ1) is 33.5. The summed E-state index contributed by atoms with van der Waals surface area (Å²) in [6.45, 7) is 4.31. The third-order valence-corrected chi connectivity index (χ3v) is 10.4. The van der Waals surface area contributed by atoms with Crippen LogP contribution in [0.5, 0.6) is 0 Å². The van der Waals surface area contributed by atoms with E-state index >= 15 is 0 Å². The van der Waals surface area contributed by atoms with Crippen LogP contribution in [-0.4, -0.2) is 55.4 Å². The average Bonchev–Trinajstić information content (AvgIpc) is 4.08. The summed E-state index contributed by atoms with van der Waals surface area (Å²) in [5.74, 6) is 0. The number of aliphatic imine (C=N–C) groups is 2.